The Morgan fingerprint density at radius 3 is 2.63 bits per heavy atom. The molecule has 0 atom stereocenters. The number of nitrogens with zero attached hydrogens (tertiary/aromatic N) is 1. The number of fused-ring (bicyclic) bond motifs is 2. The number of thioether (sulfide) groups is 1. The number of aryl methyl sites for hydroxylation is 1. The molecule has 2 nitrogen and oxygen atoms in total. The minimum absolute atomic E-state index is 0. The second-order valence-corrected chi connectivity index (χ2v) is 8.14. The molecule has 3 aromatic carbocycles. The van der Waals surface area contributed by atoms with Crippen LogP contribution in [0.15, 0.2) is 71.3 Å². The Kier molecular flexibility index (Phi) is 6.64. The van der Waals surface area contributed by atoms with E-state index in [-0.39, 0.29) is 7.43 Å². The molecule has 4 aromatic rings. The van der Waals surface area contributed by atoms with Crippen LogP contribution >= 0.6 is 24.0 Å². The van der Waals surface area contributed by atoms with Gasteiger partial charge in [0.1, 0.15) is 0 Å². The maximum Gasteiger partial charge on any atom is 0.167 e. The molecule has 0 aliphatic heterocycles. The van der Waals surface area contributed by atoms with Crippen LogP contribution in [0.4, 0.5) is 0 Å². The van der Waals surface area contributed by atoms with Crippen LogP contribution in [0, 0.1) is 0 Å². The average molecular weight is 394 g/mol. The standard InChI is InChI=1S/C22H19NOS2.CH4/c25-22(11-5-9-20-19-8-3-4-10-21(19)24-23-20)26-15-16-12-13-17-6-1-2-7-18(17)14-16;/h1-4,6-8,10,12-14H,5,9,11,15H2;1H4. The highest BCUT2D eigenvalue weighted by Gasteiger charge is 2.08. The molecule has 0 N–H and O–H groups in total. The van der Waals surface area contributed by atoms with E-state index in [0.717, 1.165) is 45.9 Å². The van der Waals surface area contributed by atoms with E-state index >= 15 is 0 Å². The summed E-state index contributed by atoms with van der Waals surface area (Å²) in [5.41, 5.74) is 3.21. The predicted molar refractivity (Wildman–Crippen MR) is 122 cm³/mol. The summed E-state index contributed by atoms with van der Waals surface area (Å²) in [5.74, 6) is 0.927. The van der Waals surface area contributed by atoms with E-state index in [1.54, 1.807) is 11.8 Å². The molecule has 138 valence electrons. The quantitative estimate of drug-likeness (QED) is 0.323. The summed E-state index contributed by atoms with van der Waals surface area (Å²) in [6.07, 6.45) is 2.82. The van der Waals surface area contributed by atoms with Crippen molar-refractivity contribution in [2.45, 2.75) is 32.4 Å². The second-order valence-electron chi connectivity index (χ2n) is 6.32. The summed E-state index contributed by atoms with van der Waals surface area (Å²) in [4.78, 5) is 0. The highest BCUT2D eigenvalue weighted by Crippen LogP contribution is 2.23. The molecule has 0 saturated carbocycles. The van der Waals surface area contributed by atoms with Crippen molar-refractivity contribution in [2.75, 3.05) is 0 Å². The lowest BCUT2D eigenvalue weighted by molar-refractivity contribution is 0.445. The fraction of sp³-hybridized carbons (Fsp3) is 0.217. The van der Waals surface area contributed by atoms with Crippen molar-refractivity contribution < 1.29 is 4.52 Å². The summed E-state index contributed by atoms with van der Waals surface area (Å²) in [5, 5.41) is 7.87. The molecule has 0 fully saturated rings. The van der Waals surface area contributed by atoms with Crippen LogP contribution in [0.5, 0.6) is 0 Å². The first-order valence-electron chi connectivity index (χ1n) is 8.76. The minimum atomic E-state index is 0. The second kappa shape index (κ2) is 9.16. The normalized spacial score (nSPS) is 10.8. The number of rotatable bonds is 6. The van der Waals surface area contributed by atoms with Crippen molar-refractivity contribution in [2.24, 2.45) is 0 Å². The highest BCUT2D eigenvalue weighted by atomic mass is 32.2. The molecule has 0 bridgehead atoms. The first kappa shape index (κ1) is 19.6. The molecule has 0 saturated heterocycles. The molecule has 0 aliphatic rings. The van der Waals surface area contributed by atoms with Gasteiger partial charge in [-0.1, -0.05) is 79.4 Å². The van der Waals surface area contributed by atoms with Gasteiger partial charge in [-0.15, -0.1) is 11.8 Å². The molecule has 0 radical (unpaired) electrons. The number of aromatic nitrogens is 1. The van der Waals surface area contributed by atoms with Gasteiger partial charge in [-0.3, -0.25) is 0 Å². The molecule has 0 spiro atoms. The van der Waals surface area contributed by atoms with Crippen molar-refractivity contribution in [3.8, 4) is 0 Å². The van der Waals surface area contributed by atoms with Crippen molar-refractivity contribution in [3.05, 3.63) is 78.0 Å². The molecular formula is C23H23NOS2. The number of hydrogen-bond acceptors (Lipinski definition) is 4. The first-order valence-corrected chi connectivity index (χ1v) is 10.2. The van der Waals surface area contributed by atoms with Crippen LogP contribution in [-0.4, -0.2) is 9.35 Å². The zero-order chi connectivity index (χ0) is 17.8. The van der Waals surface area contributed by atoms with Crippen LogP contribution < -0.4 is 0 Å². The largest absolute Gasteiger partial charge is 0.356 e. The van der Waals surface area contributed by atoms with E-state index in [1.165, 1.54) is 16.3 Å². The minimum Gasteiger partial charge on any atom is -0.356 e. The number of para-hydroxylation sites is 1. The third-order valence-corrected chi connectivity index (χ3v) is 6.02. The van der Waals surface area contributed by atoms with Crippen LogP contribution in [0.2, 0.25) is 0 Å². The summed E-state index contributed by atoms with van der Waals surface area (Å²) >= 11 is 7.33. The van der Waals surface area contributed by atoms with Gasteiger partial charge in [-0.25, -0.2) is 0 Å². The van der Waals surface area contributed by atoms with Crippen molar-refractivity contribution in [1.82, 2.24) is 5.16 Å². The summed E-state index contributed by atoms with van der Waals surface area (Å²) < 4.78 is 6.42. The third kappa shape index (κ3) is 4.76. The molecule has 4 rings (SSSR count). The third-order valence-electron chi connectivity index (χ3n) is 4.46. The lowest BCUT2D eigenvalue weighted by Crippen LogP contribution is -1.93. The Morgan fingerprint density at radius 1 is 0.963 bits per heavy atom. The fourth-order valence-electron chi connectivity index (χ4n) is 3.08. The van der Waals surface area contributed by atoms with Gasteiger partial charge in [0.05, 0.1) is 5.69 Å². The van der Waals surface area contributed by atoms with E-state index in [1.807, 2.05) is 18.2 Å². The smallest absolute Gasteiger partial charge is 0.167 e. The molecule has 0 aliphatic carbocycles. The Hall–Kier alpha value is -2.17. The van der Waals surface area contributed by atoms with Gasteiger partial charge in [-0.2, -0.15) is 0 Å². The molecule has 1 aromatic heterocycles. The highest BCUT2D eigenvalue weighted by molar-refractivity contribution is 8.22. The van der Waals surface area contributed by atoms with Crippen LogP contribution in [-0.2, 0) is 12.2 Å². The van der Waals surface area contributed by atoms with E-state index in [2.05, 4.69) is 53.7 Å². The zero-order valence-electron chi connectivity index (χ0n) is 14.4. The van der Waals surface area contributed by atoms with Crippen LogP contribution in [0.1, 0.15) is 31.5 Å². The number of benzene rings is 3. The summed E-state index contributed by atoms with van der Waals surface area (Å²) in [7, 11) is 0. The van der Waals surface area contributed by atoms with Gasteiger partial charge in [0, 0.05) is 15.3 Å². The molecule has 0 amide bonds. The first-order chi connectivity index (χ1) is 12.8. The van der Waals surface area contributed by atoms with Gasteiger partial charge >= 0.3 is 0 Å². The maximum atomic E-state index is 5.56. The summed E-state index contributed by atoms with van der Waals surface area (Å²) in [6, 6.07) is 23.1. The lowest BCUT2D eigenvalue weighted by atomic mass is 10.1. The molecule has 27 heavy (non-hydrogen) atoms. The van der Waals surface area contributed by atoms with Gasteiger partial charge in [0.15, 0.2) is 5.58 Å². The molecule has 1 heterocycles. The van der Waals surface area contributed by atoms with E-state index < -0.39 is 0 Å². The number of hydrogen-bond donors (Lipinski definition) is 0. The van der Waals surface area contributed by atoms with Crippen molar-refractivity contribution in [1.29, 1.82) is 0 Å². The Bertz CT molecular complexity index is 1050. The van der Waals surface area contributed by atoms with E-state index in [0.29, 0.717) is 0 Å². The maximum absolute atomic E-state index is 5.56. The van der Waals surface area contributed by atoms with Crippen LogP contribution in [0.25, 0.3) is 21.7 Å². The average Bonchev–Trinajstić information content (AvgIpc) is 3.09. The zero-order valence-corrected chi connectivity index (χ0v) is 16.0. The topological polar surface area (TPSA) is 26.0 Å². The van der Waals surface area contributed by atoms with Gasteiger partial charge < -0.3 is 4.52 Å². The van der Waals surface area contributed by atoms with Gasteiger partial charge in [0.25, 0.3) is 0 Å². The SMILES string of the molecule is C.S=C(CCCc1noc2ccccc12)SCc1ccc2ccccc2c1. The Balaban J connectivity index is 0.00000210. The van der Waals surface area contributed by atoms with E-state index in [4.69, 9.17) is 16.7 Å². The van der Waals surface area contributed by atoms with Crippen molar-refractivity contribution >= 4 is 49.9 Å². The molecular weight excluding hydrogens is 370 g/mol. The monoisotopic (exact) mass is 393 g/mol. The summed E-state index contributed by atoms with van der Waals surface area (Å²) in [6.45, 7) is 0. The molecule has 4 heteroatoms. The number of thiocarbonyl (C=S) groups is 1. The van der Waals surface area contributed by atoms with Crippen LogP contribution in [0.3, 0.4) is 0 Å². The Morgan fingerprint density at radius 2 is 1.74 bits per heavy atom. The lowest BCUT2D eigenvalue weighted by Gasteiger charge is -2.05. The van der Waals surface area contributed by atoms with E-state index in [9.17, 15) is 0 Å². The molecule has 0 unspecified atom stereocenters. The van der Waals surface area contributed by atoms with Gasteiger partial charge in [-0.05, 0) is 47.7 Å². The fourth-order valence-corrected chi connectivity index (χ4v) is 4.20. The Labute approximate surface area is 169 Å². The predicted octanol–water partition coefficient (Wildman–Crippen LogP) is 7.20. The van der Waals surface area contributed by atoms with Gasteiger partial charge in [0.2, 0.25) is 0 Å². The van der Waals surface area contributed by atoms with Crippen molar-refractivity contribution in [3.63, 3.8) is 0 Å².